The van der Waals surface area contributed by atoms with Gasteiger partial charge in [-0.25, -0.2) is 9.97 Å². The van der Waals surface area contributed by atoms with Gasteiger partial charge in [-0.05, 0) is 12.2 Å². The van der Waals surface area contributed by atoms with Gasteiger partial charge in [0.1, 0.15) is 16.7 Å². The van der Waals surface area contributed by atoms with Gasteiger partial charge in [0.05, 0.1) is 0 Å². The van der Waals surface area contributed by atoms with E-state index in [9.17, 15) is 0 Å². The van der Waals surface area contributed by atoms with Gasteiger partial charge in [-0.2, -0.15) is 0 Å². The van der Waals surface area contributed by atoms with E-state index >= 15 is 0 Å². The van der Waals surface area contributed by atoms with Crippen LogP contribution in [0.3, 0.4) is 0 Å². The Balaban J connectivity index is 3.01. The zero-order chi connectivity index (χ0) is 7.84. The second-order valence-corrected chi connectivity index (χ2v) is 3.88. The Bertz CT molecular complexity index is 446. The highest BCUT2D eigenvalue weighted by Gasteiger charge is 2.02. The van der Waals surface area contributed by atoms with Crippen molar-refractivity contribution in [3.8, 4) is 0 Å². The van der Waals surface area contributed by atoms with Crippen LogP contribution in [-0.2, 0) is 0 Å². The first-order chi connectivity index (χ1) is 5.27. The van der Waals surface area contributed by atoms with Crippen molar-refractivity contribution < 1.29 is 0 Å². The Kier molecular flexibility index (Phi) is 1.63. The van der Waals surface area contributed by atoms with Gasteiger partial charge < -0.3 is 4.98 Å². The fourth-order valence-electron chi connectivity index (χ4n) is 0.747. The predicted molar refractivity (Wildman–Crippen MR) is 47.6 cm³/mol. The van der Waals surface area contributed by atoms with Crippen LogP contribution in [0.2, 0.25) is 5.15 Å². The molecule has 0 fully saturated rings. The van der Waals surface area contributed by atoms with Crippen LogP contribution in [0, 0.1) is 3.95 Å². The van der Waals surface area contributed by atoms with Gasteiger partial charge in [-0.3, -0.25) is 0 Å². The second-order valence-electron chi connectivity index (χ2n) is 1.86. The van der Waals surface area contributed by atoms with E-state index in [0.717, 1.165) is 10.3 Å². The maximum Gasteiger partial charge on any atom is 0.161 e. The number of rotatable bonds is 0. The summed E-state index contributed by atoms with van der Waals surface area (Å²) in [5, 5.41) is 0.419. The molecule has 0 aliphatic heterocycles. The molecule has 1 N–H and O–H groups in total. The van der Waals surface area contributed by atoms with E-state index in [0.29, 0.717) is 9.11 Å². The van der Waals surface area contributed by atoms with Crippen molar-refractivity contribution in [3.63, 3.8) is 0 Å². The predicted octanol–water partition coefficient (Wildman–Crippen LogP) is 2.40. The lowest BCUT2D eigenvalue weighted by Gasteiger charge is -1.87. The molecule has 0 unspecified atom stereocenters. The number of aromatic nitrogens is 3. The van der Waals surface area contributed by atoms with E-state index in [-0.39, 0.29) is 0 Å². The number of halogens is 1. The van der Waals surface area contributed by atoms with Gasteiger partial charge in [0, 0.05) is 0 Å². The second kappa shape index (κ2) is 2.51. The molecule has 0 saturated carbocycles. The Labute approximate surface area is 76.1 Å². The minimum Gasteiger partial charge on any atom is -0.333 e. The molecule has 0 aliphatic rings. The first-order valence-corrected chi connectivity index (χ1v) is 4.37. The number of thiazole rings is 1. The topological polar surface area (TPSA) is 41.6 Å². The summed E-state index contributed by atoms with van der Waals surface area (Å²) in [6.07, 6.45) is 1.42. The third-order valence-electron chi connectivity index (χ3n) is 1.18. The average Bonchev–Trinajstić information content (AvgIpc) is 2.31. The molecule has 2 aromatic heterocycles. The van der Waals surface area contributed by atoms with Crippen LogP contribution >= 0.6 is 35.2 Å². The first-order valence-electron chi connectivity index (χ1n) is 2.76. The molecule has 0 radical (unpaired) electrons. The number of aromatic amines is 1. The van der Waals surface area contributed by atoms with Gasteiger partial charge in [0.15, 0.2) is 9.11 Å². The summed E-state index contributed by atoms with van der Waals surface area (Å²) in [7, 11) is 0. The molecule has 56 valence electrons. The largest absolute Gasteiger partial charge is 0.333 e. The van der Waals surface area contributed by atoms with Crippen molar-refractivity contribution in [2.75, 3.05) is 0 Å². The maximum absolute atomic E-state index is 5.75. The highest BCUT2D eigenvalue weighted by molar-refractivity contribution is 7.73. The molecule has 2 heterocycles. The van der Waals surface area contributed by atoms with Crippen molar-refractivity contribution in [1.29, 1.82) is 0 Å². The summed E-state index contributed by atoms with van der Waals surface area (Å²) in [6.45, 7) is 0. The molecule has 0 amide bonds. The van der Waals surface area contributed by atoms with E-state index in [1.165, 1.54) is 17.7 Å². The molecule has 0 bridgehead atoms. The fraction of sp³-hybridized carbons (Fsp3) is 0. The third kappa shape index (κ3) is 1.15. The van der Waals surface area contributed by atoms with Crippen LogP contribution in [0.4, 0.5) is 0 Å². The van der Waals surface area contributed by atoms with Crippen molar-refractivity contribution in [2.45, 2.75) is 0 Å². The zero-order valence-electron chi connectivity index (χ0n) is 5.17. The molecule has 0 spiro atoms. The monoisotopic (exact) mass is 203 g/mol. The van der Waals surface area contributed by atoms with Crippen LogP contribution < -0.4 is 0 Å². The van der Waals surface area contributed by atoms with E-state index in [2.05, 4.69) is 15.0 Å². The average molecular weight is 204 g/mol. The van der Waals surface area contributed by atoms with E-state index in [1.807, 2.05) is 0 Å². The van der Waals surface area contributed by atoms with Gasteiger partial charge in [0.25, 0.3) is 0 Å². The Hall–Kier alpha value is -0.520. The molecule has 6 heteroatoms. The standard InChI is InChI=1S/C5H2ClN3S2/c6-3-2-4(8-1-7-3)11-5(10)9-2/h1H,(H,9,10). The molecular weight excluding hydrogens is 202 g/mol. The van der Waals surface area contributed by atoms with Gasteiger partial charge in [-0.1, -0.05) is 22.9 Å². The molecule has 0 aromatic carbocycles. The molecule has 0 saturated heterocycles. The smallest absolute Gasteiger partial charge is 0.161 e. The van der Waals surface area contributed by atoms with Crippen molar-refractivity contribution in [3.05, 3.63) is 15.4 Å². The summed E-state index contributed by atoms with van der Waals surface area (Å²) in [5.74, 6) is 0. The molecular formula is C5H2ClN3S2. The zero-order valence-corrected chi connectivity index (χ0v) is 7.56. The van der Waals surface area contributed by atoms with E-state index < -0.39 is 0 Å². The SMILES string of the molecule is S=c1[nH]c2c(Cl)ncnc2s1. The summed E-state index contributed by atoms with van der Waals surface area (Å²) >= 11 is 12.0. The van der Waals surface area contributed by atoms with Crippen LogP contribution in [-0.4, -0.2) is 15.0 Å². The normalized spacial score (nSPS) is 10.6. The minimum absolute atomic E-state index is 0.419. The number of hydrogen-bond acceptors (Lipinski definition) is 4. The van der Waals surface area contributed by atoms with Gasteiger partial charge >= 0.3 is 0 Å². The first kappa shape index (κ1) is 7.15. The van der Waals surface area contributed by atoms with Crippen LogP contribution in [0.15, 0.2) is 6.33 Å². The fourth-order valence-corrected chi connectivity index (χ4v) is 2.00. The third-order valence-corrected chi connectivity index (χ3v) is 2.61. The lowest BCUT2D eigenvalue weighted by Crippen LogP contribution is -1.78. The molecule has 0 atom stereocenters. The number of nitrogens with zero attached hydrogens (tertiary/aromatic N) is 2. The summed E-state index contributed by atoms with van der Waals surface area (Å²) in [5.41, 5.74) is 0.726. The quantitative estimate of drug-likeness (QED) is 0.528. The molecule has 0 aliphatic carbocycles. The Morgan fingerprint density at radius 2 is 2.36 bits per heavy atom. The number of hydrogen-bond donors (Lipinski definition) is 1. The van der Waals surface area contributed by atoms with Crippen LogP contribution in [0.25, 0.3) is 10.3 Å². The maximum atomic E-state index is 5.75. The summed E-state index contributed by atoms with van der Waals surface area (Å²) in [6, 6.07) is 0. The summed E-state index contributed by atoms with van der Waals surface area (Å²) in [4.78, 5) is 11.5. The lowest BCUT2D eigenvalue weighted by atomic mass is 10.6. The highest BCUT2D eigenvalue weighted by atomic mass is 35.5. The van der Waals surface area contributed by atoms with Crippen LogP contribution in [0.5, 0.6) is 0 Å². The molecule has 11 heavy (non-hydrogen) atoms. The van der Waals surface area contributed by atoms with Crippen molar-refractivity contribution >= 4 is 45.5 Å². The Morgan fingerprint density at radius 1 is 1.55 bits per heavy atom. The number of fused-ring (bicyclic) bond motifs is 1. The highest BCUT2D eigenvalue weighted by Crippen LogP contribution is 2.21. The molecule has 3 nitrogen and oxygen atoms in total. The van der Waals surface area contributed by atoms with Crippen LogP contribution in [0.1, 0.15) is 0 Å². The van der Waals surface area contributed by atoms with Crippen molar-refractivity contribution in [2.24, 2.45) is 0 Å². The summed E-state index contributed by atoms with van der Waals surface area (Å²) < 4.78 is 0.669. The van der Waals surface area contributed by atoms with Gasteiger partial charge in [0.2, 0.25) is 0 Å². The van der Waals surface area contributed by atoms with Gasteiger partial charge in [-0.15, -0.1) is 0 Å². The molecule has 2 aromatic rings. The van der Waals surface area contributed by atoms with E-state index in [4.69, 9.17) is 23.8 Å². The molecule has 2 rings (SSSR count). The van der Waals surface area contributed by atoms with E-state index in [1.54, 1.807) is 0 Å². The Morgan fingerprint density at radius 3 is 3.09 bits per heavy atom. The lowest BCUT2D eigenvalue weighted by molar-refractivity contribution is 1.22. The van der Waals surface area contributed by atoms with Crippen molar-refractivity contribution in [1.82, 2.24) is 15.0 Å². The number of nitrogens with one attached hydrogen (secondary N) is 1. The number of H-pyrrole nitrogens is 1. The minimum atomic E-state index is 0.419.